The standard InChI is InChI=1S/C12H20N2O3/c1-7-2-3-8(11(13)15)6-14(7)10-5-4-9(10)12(16)17/h7-10H,2-6H2,1H3,(H2,13,15)(H,16,17). The van der Waals surface area contributed by atoms with Gasteiger partial charge in [0.05, 0.1) is 11.8 Å². The Kier molecular flexibility index (Phi) is 3.38. The van der Waals surface area contributed by atoms with Gasteiger partial charge in [-0.3, -0.25) is 14.5 Å². The van der Waals surface area contributed by atoms with Crippen molar-refractivity contribution in [3.05, 3.63) is 0 Å². The van der Waals surface area contributed by atoms with E-state index >= 15 is 0 Å². The number of nitrogens with zero attached hydrogens (tertiary/aromatic N) is 1. The van der Waals surface area contributed by atoms with Crippen LogP contribution in [0.4, 0.5) is 0 Å². The minimum Gasteiger partial charge on any atom is -0.481 e. The minimum atomic E-state index is -0.713. The summed E-state index contributed by atoms with van der Waals surface area (Å²) in [5.74, 6) is -1.34. The van der Waals surface area contributed by atoms with Crippen molar-refractivity contribution in [2.24, 2.45) is 17.6 Å². The van der Waals surface area contributed by atoms with Crippen molar-refractivity contribution in [2.45, 2.75) is 44.7 Å². The molecular weight excluding hydrogens is 220 g/mol. The Morgan fingerprint density at radius 2 is 1.94 bits per heavy atom. The van der Waals surface area contributed by atoms with Crippen molar-refractivity contribution < 1.29 is 14.7 Å². The van der Waals surface area contributed by atoms with Crippen molar-refractivity contribution in [1.29, 1.82) is 0 Å². The smallest absolute Gasteiger partial charge is 0.308 e. The number of hydrogen-bond acceptors (Lipinski definition) is 3. The van der Waals surface area contributed by atoms with Crippen LogP contribution in [0.3, 0.4) is 0 Å². The molecule has 4 atom stereocenters. The molecule has 17 heavy (non-hydrogen) atoms. The van der Waals surface area contributed by atoms with E-state index in [2.05, 4.69) is 11.8 Å². The molecule has 2 aliphatic rings. The molecule has 0 bridgehead atoms. The van der Waals surface area contributed by atoms with Crippen LogP contribution < -0.4 is 5.73 Å². The van der Waals surface area contributed by atoms with Gasteiger partial charge in [0.1, 0.15) is 0 Å². The molecule has 1 aliphatic carbocycles. The molecule has 1 amide bonds. The van der Waals surface area contributed by atoms with Crippen molar-refractivity contribution in [2.75, 3.05) is 6.54 Å². The Hall–Kier alpha value is -1.10. The number of carbonyl (C=O) groups is 2. The van der Waals surface area contributed by atoms with E-state index in [1.54, 1.807) is 0 Å². The molecule has 1 heterocycles. The van der Waals surface area contributed by atoms with Crippen LogP contribution in [0.5, 0.6) is 0 Å². The lowest BCUT2D eigenvalue weighted by Gasteiger charge is -2.48. The van der Waals surface area contributed by atoms with E-state index in [-0.39, 0.29) is 23.8 Å². The Morgan fingerprint density at radius 3 is 2.41 bits per heavy atom. The molecule has 0 aromatic heterocycles. The summed E-state index contributed by atoms with van der Waals surface area (Å²) in [5, 5.41) is 9.08. The Labute approximate surface area is 101 Å². The van der Waals surface area contributed by atoms with Crippen molar-refractivity contribution in [3.8, 4) is 0 Å². The van der Waals surface area contributed by atoms with E-state index in [0.717, 1.165) is 25.7 Å². The Morgan fingerprint density at radius 1 is 1.24 bits per heavy atom. The second-order valence-electron chi connectivity index (χ2n) is 5.31. The number of amides is 1. The Balaban J connectivity index is 2.03. The highest BCUT2D eigenvalue weighted by molar-refractivity contribution is 5.77. The molecule has 2 rings (SSSR count). The van der Waals surface area contributed by atoms with Crippen molar-refractivity contribution >= 4 is 11.9 Å². The fourth-order valence-corrected chi connectivity index (χ4v) is 3.00. The normalized spacial score (nSPS) is 38.4. The monoisotopic (exact) mass is 240 g/mol. The number of piperidine rings is 1. The number of primary amides is 1. The summed E-state index contributed by atoms with van der Waals surface area (Å²) in [6.07, 6.45) is 3.44. The summed E-state index contributed by atoms with van der Waals surface area (Å²) < 4.78 is 0. The van der Waals surface area contributed by atoms with Crippen LogP contribution in [0.2, 0.25) is 0 Å². The molecule has 5 nitrogen and oxygen atoms in total. The predicted molar refractivity (Wildman–Crippen MR) is 62.2 cm³/mol. The van der Waals surface area contributed by atoms with E-state index in [1.165, 1.54) is 0 Å². The zero-order chi connectivity index (χ0) is 12.6. The summed E-state index contributed by atoms with van der Waals surface area (Å²) in [5.41, 5.74) is 5.35. The number of aliphatic carboxylic acids is 1. The summed E-state index contributed by atoms with van der Waals surface area (Å²) >= 11 is 0. The first kappa shape index (κ1) is 12.4. The maximum Gasteiger partial charge on any atom is 0.308 e. The van der Waals surface area contributed by atoms with Gasteiger partial charge in [-0.15, -0.1) is 0 Å². The van der Waals surface area contributed by atoms with Gasteiger partial charge in [0.25, 0.3) is 0 Å². The number of carbonyl (C=O) groups excluding carboxylic acids is 1. The predicted octanol–water partition coefficient (Wildman–Crippen LogP) is 0.435. The van der Waals surface area contributed by atoms with E-state index in [4.69, 9.17) is 10.8 Å². The molecule has 2 fully saturated rings. The minimum absolute atomic E-state index is 0.102. The quantitative estimate of drug-likeness (QED) is 0.749. The highest BCUT2D eigenvalue weighted by Crippen LogP contribution is 2.36. The molecule has 1 saturated heterocycles. The van der Waals surface area contributed by atoms with Gasteiger partial charge in [0.15, 0.2) is 0 Å². The Bertz CT molecular complexity index is 320. The summed E-state index contributed by atoms with van der Waals surface area (Å²) in [6, 6.07) is 0.461. The van der Waals surface area contributed by atoms with Gasteiger partial charge < -0.3 is 10.8 Å². The summed E-state index contributed by atoms with van der Waals surface area (Å²) in [7, 11) is 0. The van der Waals surface area contributed by atoms with Gasteiger partial charge in [0.2, 0.25) is 5.91 Å². The van der Waals surface area contributed by atoms with Crippen molar-refractivity contribution in [1.82, 2.24) is 4.90 Å². The van der Waals surface area contributed by atoms with Gasteiger partial charge in [0, 0.05) is 18.6 Å². The fourth-order valence-electron chi connectivity index (χ4n) is 3.00. The highest BCUT2D eigenvalue weighted by Gasteiger charge is 2.44. The van der Waals surface area contributed by atoms with Gasteiger partial charge in [-0.25, -0.2) is 0 Å². The number of carboxylic acids is 1. The van der Waals surface area contributed by atoms with Crippen LogP contribution in [0.15, 0.2) is 0 Å². The largest absolute Gasteiger partial charge is 0.481 e. The van der Waals surface area contributed by atoms with Crippen LogP contribution in [0.1, 0.15) is 32.6 Å². The molecule has 3 N–H and O–H groups in total. The third-order valence-electron chi connectivity index (χ3n) is 4.31. The lowest BCUT2D eigenvalue weighted by atomic mass is 9.76. The number of rotatable bonds is 3. The highest BCUT2D eigenvalue weighted by atomic mass is 16.4. The first-order valence-corrected chi connectivity index (χ1v) is 6.28. The maximum atomic E-state index is 11.2. The number of nitrogens with two attached hydrogens (primary N) is 1. The molecule has 0 aromatic carbocycles. The second kappa shape index (κ2) is 4.64. The molecule has 4 unspecified atom stereocenters. The molecule has 1 saturated carbocycles. The lowest BCUT2D eigenvalue weighted by molar-refractivity contribution is -0.150. The maximum absolute atomic E-state index is 11.2. The molecule has 0 radical (unpaired) electrons. The van der Waals surface area contributed by atoms with Gasteiger partial charge in [-0.2, -0.15) is 0 Å². The van der Waals surface area contributed by atoms with E-state index in [1.807, 2.05) is 0 Å². The number of likely N-dealkylation sites (tertiary alicyclic amines) is 1. The first-order valence-electron chi connectivity index (χ1n) is 6.28. The van der Waals surface area contributed by atoms with Gasteiger partial charge >= 0.3 is 5.97 Å². The average molecular weight is 240 g/mol. The third-order valence-corrected chi connectivity index (χ3v) is 4.31. The second-order valence-corrected chi connectivity index (χ2v) is 5.31. The van der Waals surface area contributed by atoms with Crippen LogP contribution in [-0.2, 0) is 9.59 Å². The van der Waals surface area contributed by atoms with Crippen LogP contribution in [-0.4, -0.2) is 40.5 Å². The molecule has 96 valence electrons. The average Bonchev–Trinajstić information content (AvgIpc) is 2.18. The van der Waals surface area contributed by atoms with E-state index in [0.29, 0.717) is 12.6 Å². The first-order chi connectivity index (χ1) is 8.00. The molecule has 1 aliphatic heterocycles. The van der Waals surface area contributed by atoms with Gasteiger partial charge in [-0.05, 0) is 32.6 Å². The number of carboxylic acid groups (broad SMARTS) is 1. The topological polar surface area (TPSA) is 83.6 Å². The molecule has 0 aromatic rings. The molecule has 0 spiro atoms. The third kappa shape index (κ3) is 2.29. The number of hydrogen-bond donors (Lipinski definition) is 2. The van der Waals surface area contributed by atoms with Crippen LogP contribution >= 0.6 is 0 Å². The molecule has 5 heteroatoms. The van der Waals surface area contributed by atoms with Gasteiger partial charge in [-0.1, -0.05) is 0 Å². The van der Waals surface area contributed by atoms with E-state index < -0.39 is 5.97 Å². The van der Waals surface area contributed by atoms with Crippen LogP contribution in [0.25, 0.3) is 0 Å². The zero-order valence-electron chi connectivity index (χ0n) is 10.1. The molecular formula is C12H20N2O3. The van der Waals surface area contributed by atoms with Crippen molar-refractivity contribution in [3.63, 3.8) is 0 Å². The SMILES string of the molecule is CC1CCC(C(N)=O)CN1C1CCC1C(=O)O. The fraction of sp³-hybridized carbons (Fsp3) is 0.833. The zero-order valence-corrected chi connectivity index (χ0v) is 10.1. The lowest BCUT2D eigenvalue weighted by Crippen LogP contribution is -2.57. The van der Waals surface area contributed by atoms with Crippen LogP contribution in [0, 0.1) is 11.8 Å². The summed E-state index contributed by atoms with van der Waals surface area (Å²) in [4.78, 5) is 24.5. The summed E-state index contributed by atoms with van der Waals surface area (Å²) in [6.45, 7) is 2.74. The van der Waals surface area contributed by atoms with E-state index in [9.17, 15) is 9.59 Å².